The summed E-state index contributed by atoms with van der Waals surface area (Å²) < 4.78 is 7.21. The number of hydrogen-bond donors (Lipinski definition) is 1. The SMILES string of the molecule is Cn1nc(C(=O)O)c2c1-c1cc(Cl)ccc1OCC2. The second kappa shape index (κ2) is 4.28. The van der Waals surface area contributed by atoms with Crippen molar-refractivity contribution in [3.05, 3.63) is 34.5 Å². The second-order valence-corrected chi connectivity index (χ2v) is 4.78. The van der Waals surface area contributed by atoms with Gasteiger partial charge in [-0.15, -0.1) is 0 Å². The van der Waals surface area contributed by atoms with Crippen molar-refractivity contribution in [2.75, 3.05) is 6.61 Å². The number of rotatable bonds is 1. The minimum Gasteiger partial charge on any atom is -0.493 e. The van der Waals surface area contributed by atoms with Gasteiger partial charge >= 0.3 is 5.97 Å². The highest BCUT2D eigenvalue weighted by Gasteiger charge is 2.26. The van der Waals surface area contributed by atoms with Crippen molar-refractivity contribution in [3.63, 3.8) is 0 Å². The molecule has 2 aromatic rings. The molecule has 0 atom stereocenters. The zero-order valence-corrected chi connectivity index (χ0v) is 10.9. The van der Waals surface area contributed by atoms with E-state index >= 15 is 0 Å². The molecular formula is C13H11ClN2O3. The summed E-state index contributed by atoms with van der Waals surface area (Å²) >= 11 is 6.02. The Morgan fingerprint density at radius 1 is 1.53 bits per heavy atom. The molecule has 0 aliphatic carbocycles. The summed E-state index contributed by atoms with van der Waals surface area (Å²) in [6.07, 6.45) is 0.511. The highest BCUT2D eigenvalue weighted by molar-refractivity contribution is 6.31. The normalized spacial score (nSPS) is 13.2. The number of aromatic carboxylic acids is 1. The Hall–Kier alpha value is -2.01. The average molecular weight is 279 g/mol. The number of hydrogen-bond acceptors (Lipinski definition) is 3. The van der Waals surface area contributed by atoms with Crippen LogP contribution in [0.25, 0.3) is 11.3 Å². The fourth-order valence-electron chi connectivity index (χ4n) is 2.39. The first-order valence-electron chi connectivity index (χ1n) is 5.80. The molecule has 0 fully saturated rings. The topological polar surface area (TPSA) is 64.4 Å². The fourth-order valence-corrected chi connectivity index (χ4v) is 2.56. The van der Waals surface area contributed by atoms with Crippen molar-refractivity contribution in [2.45, 2.75) is 6.42 Å². The molecule has 1 aliphatic heterocycles. The molecule has 19 heavy (non-hydrogen) atoms. The smallest absolute Gasteiger partial charge is 0.356 e. The predicted octanol–water partition coefficient (Wildman–Crippen LogP) is 2.37. The van der Waals surface area contributed by atoms with Gasteiger partial charge < -0.3 is 9.84 Å². The molecule has 6 heteroatoms. The van der Waals surface area contributed by atoms with E-state index in [9.17, 15) is 9.90 Å². The second-order valence-electron chi connectivity index (χ2n) is 4.34. The van der Waals surface area contributed by atoms with Crippen LogP contribution >= 0.6 is 11.6 Å². The minimum atomic E-state index is -1.03. The van der Waals surface area contributed by atoms with Gasteiger partial charge in [-0.3, -0.25) is 4.68 Å². The Morgan fingerprint density at radius 3 is 3.05 bits per heavy atom. The molecule has 0 unspecified atom stereocenters. The lowest BCUT2D eigenvalue weighted by atomic mass is 10.0. The number of benzene rings is 1. The Bertz CT molecular complexity index is 679. The fraction of sp³-hybridized carbons (Fsp3) is 0.231. The van der Waals surface area contributed by atoms with Gasteiger partial charge in [0.1, 0.15) is 5.75 Å². The summed E-state index contributed by atoms with van der Waals surface area (Å²) in [7, 11) is 1.72. The van der Waals surface area contributed by atoms with E-state index in [1.165, 1.54) is 0 Å². The monoisotopic (exact) mass is 278 g/mol. The van der Waals surface area contributed by atoms with Crippen LogP contribution in [0.3, 0.4) is 0 Å². The number of nitrogens with zero attached hydrogens (tertiary/aromatic N) is 2. The lowest BCUT2D eigenvalue weighted by Gasteiger charge is -2.08. The Morgan fingerprint density at radius 2 is 2.32 bits per heavy atom. The molecule has 0 bridgehead atoms. The Balaban J connectivity index is 2.31. The summed E-state index contributed by atoms with van der Waals surface area (Å²) in [5.74, 6) is -0.328. The number of carbonyl (C=O) groups is 1. The first kappa shape index (κ1) is 12.0. The third kappa shape index (κ3) is 1.86. The van der Waals surface area contributed by atoms with Gasteiger partial charge in [0.15, 0.2) is 5.69 Å². The largest absolute Gasteiger partial charge is 0.493 e. The van der Waals surface area contributed by atoms with Gasteiger partial charge in [-0.2, -0.15) is 5.10 Å². The van der Waals surface area contributed by atoms with Crippen molar-refractivity contribution in [2.24, 2.45) is 7.05 Å². The minimum absolute atomic E-state index is 0.0777. The van der Waals surface area contributed by atoms with Crippen LogP contribution in [0.4, 0.5) is 0 Å². The molecule has 1 aliphatic rings. The molecule has 0 saturated heterocycles. The predicted molar refractivity (Wildman–Crippen MR) is 69.8 cm³/mol. The van der Waals surface area contributed by atoms with Crippen LogP contribution in [-0.4, -0.2) is 27.5 Å². The van der Waals surface area contributed by atoms with Gasteiger partial charge in [0.05, 0.1) is 12.3 Å². The quantitative estimate of drug-likeness (QED) is 0.870. The molecule has 0 spiro atoms. The van der Waals surface area contributed by atoms with E-state index in [0.29, 0.717) is 29.4 Å². The molecule has 5 nitrogen and oxygen atoms in total. The van der Waals surface area contributed by atoms with Crippen molar-refractivity contribution in [3.8, 4) is 17.0 Å². The van der Waals surface area contributed by atoms with Crippen molar-refractivity contribution < 1.29 is 14.6 Å². The first-order valence-corrected chi connectivity index (χ1v) is 6.17. The molecule has 0 saturated carbocycles. The molecule has 0 radical (unpaired) electrons. The molecular weight excluding hydrogens is 268 g/mol. The molecule has 1 N–H and O–H groups in total. The molecule has 3 rings (SSSR count). The van der Waals surface area contributed by atoms with Gasteiger partial charge in [-0.25, -0.2) is 4.79 Å². The van der Waals surface area contributed by atoms with E-state index in [0.717, 1.165) is 11.3 Å². The third-order valence-corrected chi connectivity index (χ3v) is 3.39. The Labute approximate surface area is 114 Å². The molecule has 98 valence electrons. The Kier molecular flexibility index (Phi) is 2.71. The number of fused-ring (bicyclic) bond motifs is 3. The van der Waals surface area contributed by atoms with E-state index in [2.05, 4.69) is 5.10 Å². The maximum Gasteiger partial charge on any atom is 0.356 e. The molecule has 1 aromatic carbocycles. The summed E-state index contributed by atoms with van der Waals surface area (Å²) in [6.45, 7) is 0.424. The van der Waals surface area contributed by atoms with Crippen LogP contribution in [0.2, 0.25) is 5.02 Å². The zero-order chi connectivity index (χ0) is 13.6. The van der Waals surface area contributed by atoms with E-state index in [4.69, 9.17) is 16.3 Å². The highest BCUT2D eigenvalue weighted by atomic mass is 35.5. The highest BCUT2D eigenvalue weighted by Crippen LogP contribution is 2.37. The van der Waals surface area contributed by atoms with Crippen LogP contribution in [0.15, 0.2) is 18.2 Å². The summed E-state index contributed by atoms with van der Waals surface area (Å²) in [5, 5.41) is 13.9. The van der Waals surface area contributed by atoms with Gasteiger partial charge in [0.2, 0.25) is 0 Å². The standard InChI is InChI=1S/C13H11ClN2O3/c1-16-12-8(11(15-16)13(17)18)4-5-19-10-3-2-7(14)6-9(10)12/h2-3,6H,4-5H2,1H3,(H,17,18). The van der Waals surface area contributed by atoms with Gasteiger partial charge in [-0.05, 0) is 18.2 Å². The van der Waals surface area contributed by atoms with Gasteiger partial charge in [-0.1, -0.05) is 11.6 Å². The van der Waals surface area contributed by atoms with Crippen LogP contribution < -0.4 is 4.74 Å². The number of aromatic nitrogens is 2. The number of aryl methyl sites for hydroxylation is 1. The van der Waals surface area contributed by atoms with E-state index in [1.807, 2.05) is 0 Å². The third-order valence-electron chi connectivity index (χ3n) is 3.15. The van der Waals surface area contributed by atoms with Crippen LogP contribution in [0.1, 0.15) is 16.1 Å². The lowest BCUT2D eigenvalue weighted by molar-refractivity contribution is 0.0688. The zero-order valence-electron chi connectivity index (χ0n) is 10.2. The van der Waals surface area contributed by atoms with Gasteiger partial charge in [0.25, 0.3) is 0 Å². The van der Waals surface area contributed by atoms with Crippen molar-refractivity contribution >= 4 is 17.6 Å². The van der Waals surface area contributed by atoms with E-state index in [-0.39, 0.29) is 5.69 Å². The molecule has 0 amide bonds. The maximum absolute atomic E-state index is 11.2. The van der Waals surface area contributed by atoms with Crippen LogP contribution in [0.5, 0.6) is 5.75 Å². The van der Waals surface area contributed by atoms with Gasteiger partial charge in [0, 0.05) is 29.6 Å². The number of carboxylic acids is 1. The maximum atomic E-state index is 11.2. The van der Waals surface area contributed by atoms with E-state index in [1.54, 1.807) is 29.9 Å². The first-order chi connectivity index (χ1) is 9.08. The molecule has 1 aromatic heterocycles. The van der Waals surface area contributed by atoms with Crippen LogP contribution in [0, 0.1) is 0 Å². The number of ether oxygens (including phenoxy) is 1. The van der Waals surface area contributed by atoms with Crippen LogP contribution in [-0.2, 0) is 13.5 Å². The van der Waals surface area contributed by atoms with Crippen molar-refractivity contribution in [1.82, 2.24) is 9.78 Å². The molecule has 2 heterocycles. The number of halogens is 1. The van der Waals surface area contributed by atoms with E-state index < -0.39 is 5.97 Å². The number of carboxylic acid groups (broad SMARTS) is 1. The average Bonchev–Trinajstić information content (AvgIpc) is 2.57. The lowest BCUT2D eigenvalue weighted by Crippen LogP contribution is -2.05. The summed E-state index contributed by atoms with van der Waals surface area (Å²) in [4.78, 5) is 11.2. The van der Waals surface area contributed by atoms with Crippen molar-refractivity contribution in [1.29, 1.82) is 0 Å². The summed E-state index contributed by atoms with van der Waals surface area (Å²) in [6, 6.07) is 5.31. The summed E-state index contributed by atoms with van der Waals surface area (Å²) in [5.41, 5.74) is 2.31.